The fraction of sp³-hybridized carbons (Fsp3) is 0.909. The molecule has 3 fully saturated rings. The van der Waals surface area contributed by atoms with Gasteiger partial charge in [0.05, 0.1) is 6.10 Å². The van der Waals surface area contributed by atoms with E-state index in [2.05, 4.69) is 19.9 Å². The molecule has 4 aliphatic carbocycles. The van der Waals surface area contributed by atoms with Gasteiger partial charge in [-0.15, -0.1) is 0 Å². The van der Waals surface area contributed by atoms with Crippen molar-refractivity contribution in [2.24, 2.45) is 34.3 Å². The largest absolute Gasteiger partial charge is 0.616 e. The van der Waals surface area contributed by atoms with Crippen molar-refractivity contribution in [3.63, 3.8) is 0 Å². The van der Waals surface area contributed by atoms with Gasteiger partial charge in [-0.25, -0.2) is 0 Å². The Morgan fingerprint density at radius 2 is 1.96 bits per heavy atom. The fourth-order valence-electron chi connectivity index (χ4n) is 7.25. The normalized spacial score (nSPS) is 49.0. The number of allylic oxidation sites excluding steroid dienone is 1. The van der Waals surface area contributed by atoms with Gasteiger partial charge in [0.25, 0.3) is 0 Å². The molecule has 0 spiro atoms. The Kier molecular flexibility index (Phi) is 5.26. The second kappa shape index (κ2) is 7.09. The van der Waals surface area contributed by atoms with Crippen LogP contribution in [0.2, 0.25) is 0 Å². The van der Waals surface area contributed by atoms with E-state index in [4.69, 9.17) is 5.73 Å². The highest BCUT2D eigenvalue weighted by Crippen LogP contribution is 2.65. The lowest BCUT2D eigenvalue weighted by Crippen LogP contribution is -2.51. The van der Waals surface area contributed by atoms with Crippen LogP contribution in [0.1, 0.15) is 71.6 Å². The lowest BCUT2D eigenvalue weighted by molar-refractivity contribution is -0.0735. The smallest absolute Gasteiger partial charge is 0.134 e. The standard InChI is InChI=1S/C22H37NO2S/c1-21-10-8-16(26(25)13-3-12-23)14-15(21)4-5-17-18-6-7-20(24)22(18,2)11-9-19(17)21/h14,16-20,24H,3-13,23H2,1-2H3/t16-,17?,18?,19?,20+,21+,22+,26-/m1/s1. The highest BCUT2D eigenvalue weighted by atomic mass is 32.2. The van der Waals surface area contributed by atoms with E-state index in [0.29, 0.717) is 17.9 Å². The zero-order valence-electron chi connectivity index (χ0n) is 16.6. The van der Waals surface area contributed by atoms with Crippen molar-refractivity contribution in [2.45, 2.75) is 83.0 Å². The zero-order valence-corrected chi connectivity index (χ0v) is 17.4. The van der Waals surface area contributed by atoms with E-state index < -0.39 is 11.2 Å². The number of aliphatic hydroxyl groups is 1. The minimum absolute atomic E-state index is 0.0844. The van der Waals surface area contributed by atoms with Crippen molar-refractivity contribution < 1.29 is 9.66 Å². The fourth-order valence-corrected chi connectivity index (χ4v) is 8.70. The van der Waals surface area contributed by atoms with Crippen LogP contribution < -0.4 is 5.73 Å². The molecule has 4 heteroatoms. The molecule has 0 aromatic rings. The average molecular weight is 380 g/mol. The highest BCUT2D eigenvalue weighted by molar-refractivity contribution is 7.92. The van der Waals surface area contributed by atoms with Crippen LogP contribution in [0.5, 0.6) is 0 Å². The maximum Gasteiger partial charge on any atom is 0.134 e. The van der Waals surface area contributed by atoms with Gasteiger partial charge >= 0.3 is 0 Å². The van der Waals surface area contributed by atoms with Gasteiger partial charge in [0.1, 0.15) is 11.0 Å². The highest BCUT2D eigenvalue weighted by Gasteiger charge is 2.59. The number of fused-ring (bicyclic) bond motifs is 5. The van der Waals surface area contributed by atoms with E-state index in [-0.39, 0.29) is 16.8 Å². The third-order valence-corrected chi connectivity index (χ3v) is 10.6. The van der Waals surface area contributed by atoms with Crippen LogP contribution in [0.15, 0.2) is 11.6 Å². The van der Waals surface area contributed by atoms with Crippen molar-refractivity contribution >= 4 is 11.2 Å². The monoisotopic (exact) mass is 379 g/mol. The molecule has 3 saturated carbocycles. The number of nitrogens with two attached hydrogens (primary N) is 1. The molecule has 3 N–H and O–H groups in total. The molecule has 8 atom stereocenters. The summed E-state index contributed by atoms with van der Waals surface area (Å²) in [4.78, 5) is 0. The first kappa shape index (κ1) is 19.3. The quantitative estimate of drug-likeness (QED) is 0.577. The first-order chi connectivity index (χ1) is 12.4. The Morgan fingerprint density at radius 1 is 1.15 bits per heavy atom. The molecule has 0 aliphatic heterocycles. The maximum absolute atomic E-state index is 12.6. The minimum atomic E-state index is -0.755. The summed E-state index contributed by atoms with van der Waals surface area (Å²) in [6.45, 7) is 5.50. The topological polar surface area (TPSA) is 69.3 Å². The van der Waals surface area contributed by atoms with Crippen molar-refractivity contribution in [3.8, 4) is 0 Å². The predicted octanol–water partition coefficient (Wildman–Crippen LogP) is 3.78. The summed E-state index contributed by atoms with van der Waals surface area (Å²) in [5, 5.41) is 10.8. The summed E-state index contributed by atoms with van der Waals surface area (Å²) in [6, 6.07) is 0. The Balaban J connectivity index is 1.54. The number of aliphatic hydroxyl groups excluding tert-OH is 1. The molecule has 3 unspecified atom stereocenters. The Bertz CT molecular complexity index is 566. The maximum atomic E-state index is 12.6. The third kappa shape index (κ3) is 2.91. The molecule has 0 amide bonds. The van der Waals surface area contributed by atoms with Crippen molar-refractivity contribution in [1.29, 1.82) is 0 Å². The van der Waals surface area contributed by atoms with Crippen LogP contribution in [-0.2, 0) is 11.2 Å². The molecule has 0 aromatic carbocycles. The Labute approximate surface area is 162 Å². The van der Waals surface area contributed by atoms with E-state index in [0.717, 1.165) is 36.9 Å². The lowest BCUT2D eigenvalue weighted by atomic mass is 9.47. The van der Waals surface area contributed by atoms with Gasteiger partial charge in [-0.3, -0.25) is 0 Å². The molecule has 3 nitrogen and oxygen atoms in total. The molecule has 0 saturated heterocycles. The van der Waals surface area contributed by atoms with Gasteiger partial charge in [0, 0.05) is 6.42 Å². The van der Waals surface area contributed by atoms with E-state index in [1.807, 2.05) is 0 Å². The summed E-state index contributed by atoms with van der Waals surface area (Å²) in [5.74, 6) is 3.02. The van der Waals surface area contributed by atoms with Gasteiger partial charge in [0.2, 0.25) is 0 Å². The molecule has 148 valence electrons. The third-order valence-electron chi connectivity index (χ3n) is 8.91. The first-order valence-corrected chi connectivity index (χ1v) is 12.2. The van der Waals surface area contributed by atoms with Crippen molar-refractivity contribution in [3.05, 3.63) is 11.6 Å². The van der Waals surface area contributed by atoms with E-state index >= 15 is 0 Å². The molecule has 4 aliphatic rings. The summed E-state index contributed by atoms with van der Waals surface area (Å²) < 4.78 is 12.6. The second-order valence-corrected chi connectivity index (χ2v) is 11.7. The molecule has 26 heavy (non-hydrogen) atoms. The lowest BCUT2D eigenvalue weighted by Gasteiger charge is -2.58. The number of rotatable bonds is 4. The van der Waals surface area contributed by atoms with Crippen LogP contribution >= 0.6 is 0 Å². The minimum Gasteiger partial charge on any atom is -0.616 e. The van der Waals surface area contributed by atoms with Gasteiger partial charge in [-0.2, -0.15) is 0 Å². The van der Waals surface area contributed by atoms with Crippen LogP contribution in [0, 0.1) is 28.6 Å². The molecule has 0 bridgehead atoms. The van der Waals surface area contributed by atoms with Gasteiger partial charge < -0.3 is 15.4 Å². The van der Waals surface area contributed by atoms with Crippen LogP contribution in [0.3, 0.4) is 0 Å². The zero-order chi connectivity index (χ0) is 18.5. The first-order valence-electron chi connectivity index (χ1n) is 10.9. The number of hydrogen-bond acceptors (Lipinski definition) is 3. The molecule has 0 heterocycles. The molecular formula is C22H37NO2S. The molecular weight excluding hydrogens is 342 g/mol. The number of hydrogen-bond donors (Lipinski definition) is 2. The average Bonchev–Trinajstić information content (AvgIpc) is 2.94. The van der Waals surface area contributed by atoms with Crippen LogP contribution in [0.4, 0.5) is 0 Å². The predicted molar refractivity (Wildman–Crippen MR) is 108 cm³/mol. The van der Waals surface area contributed by atoms with E-state index in [1.54, 1.807) is 5.57 Å². The SMILES string of the molecule is C[C@]12CC[C@@H]([S@+]([O-])CCCN)C=C1CCC1C2CC[C@@]2(C)C1CC[C@@H]2O. The summed E-state index contributed by atoms with van der Waals surface area (Å²) in [7, 11) is 0. The van der Waals surface area contributed by atoms with Crippen LogP contribution in [-0.4, -0.2) is 33.3 Å². The van der Waals surface area contributed by atoms with Gasteiger partial charge in [-0.05, 0) is 104 Å². The summed E-state index contributed by atoms with van der Waals surface area (Å²) >= 11 is -0.755. The van der Waals surface area contributed by atoms with Gasteiger partial charge in [-0.1, -0.05) is 19.4 Å². The van der Waals surface area contributed by atoms with Crippen molar-refractivity contribution in [1.82, 2.24) is 0 Å². The van der Waals surface area contributed by atoms with Crippen molar-refractivity contribution in [2.75, 3.05) is 12.3 Å². The van der Waals surface area contributed by atoms with E-state index in [9.17, 15) is 9.66 Å². The van der Waals surface area contributed by atoms with Crippen LogP contribution in [0.25, 0.3) is 0 Å². The summed E-state index contributed by atoms with van der Waals surface area (Å²) in [6.07, 6.45) is 12.6. The molecule has 4 rings (SSSR count). The molecule has 0 radical (unpaired) electrons. The Morgan fingerprint density at radius 3 is 2.73 bits per heavy atom. The molecule has 0 aromatic heterocycles. The van der Waals surface area contributed by atoms with Gasteiger partial charge in [0.15, 0.2) is 0 Å². The second-order valence-electron chi connectivity index (χ2n) is 9.97. The summed E-state index contributed by atoms with van der Waals surface area (Å²) in [5.41, 5.74) is 7.69. The Hall–Kier alpha value is -0.0300. The van der Waals surface area contributed by atoms with E-state index in [1.165, 1.54) is 38.5 Å².